The number of hydroxylamine groups is 4. The van der Waals surface area contributed by atoms with Crippen LogP contribution in [0.1, 0.15) is 12.8 Å². The smallest absolute Gasteiger partial charge is 0.111 e. The second-order valence-corrected chi connectivity index (χ2v) is 2.52. The van der Waals surface area contributed by atoms with E-state index in [-0.39, 0.29) is 19.2 Å². The third-order valence-corrected chi connectivity index (χ3v) is 1.62. The SMILES string of the molecule is [O-][N+]1(O)CCC(O)CC1. The van der Waals surface area contributed by atoms with E-state index in [0.29, 0.717) is 12.8 Å². The van der Waals surface area contributed by atoms with Crippen molar-refractivity contribution in [2.75, 3.05) is 13.1 Å². The molecule has 0 atom stereocenters. The summed E-state index contributed by atoms with van der Waals surface area (Å²) in [6.07, 6.45) is 0.456. The van der Waals surface area contributed by atoms with Crippen molar-refractivity contribution in [3.05, 3.63) is 5.21 Å². The van der Waals surface area contributed by atoms with Crippen LogP contribution >= 0.6 is 0 Å². The van der Waals surface area contributed by atoms with E-state index in [0.717, 1.165) is 0 Å². The third-order valence-electron chi connectivity index (χ3n) is 1.62. The van der Waals surface area contributed by atoms with Crippen molar-refractivity contribution in [2.45, 2.75) is 18.9 Å². The first-order chi connectivity index (χ1) is 4.10. The van der Waals surface area contributed by atoms with Crippen LogP contribution in [-0.2, 0) is 0 Å². The predicted octanol–water partition coefficient (Wildman–Crippen LogP) is -0.155. The highest BCUT2D eigenvalue weighted by molar-refractivity contribution is 4.59. The van der Waals surface area contributed by atoms with Gasteiger partial charge in [-0.2, -0.15) is 0 Å². The van der Waals surface area contributed by atoms with Gasteiger partial charge >= 0.3 is 0 Å². The lowest BCUT2D eigenvalue weighted by Crippen LogP contribution is -2.46. The van der Waals surface area contributed by atoms with Crippen LogP contribution in [0, 0.1) is 5.21 Å². The number of piperidine rings is 1. The highest BCUT2D eigenvalue weighted by Gasteiger charge is 2.23. The molecule has 4 nitrogen and oxygen atoms in total. The van der Waals surface area contributed by atoms with E-state index >= 15 is 0 Å². The lowest BCUT2D eigenvalue weighted by molar-refractivity contribution is -1.07. The molecule has 0 aromatic carbocycles. The molecule has 0 aromatic heterocycles. The average Bonchev–Trinajstić information content (AvgIpc) is 1.78. The maximum atomic E-state index is 10.7. The van der Waals surface area contributed by atoms with Crippen molar-refractivity contribution in [1.29, 1.82) is 0 Å². The summed E-state index contributed by atoms with van der Waals surface area (Å²) in [5, 5.41) is 28.3. The number of hydrogen-bond acceptors (Lipinski definition) is 3. The fourth-order valence-corrected chi connectivity index (χ4v) is 0.958. The highest BCUT2D eigenvalue weighted by Crippen LogP contribution is 2.13. The van der Waals surface area contributed by atoms with Crippen LogP contribution in [0.25, 0.3) is 0 Å². The van der Waals surface area contributed by atoms with E-state index in [2.05, 4.69) is 0 Å². The molecular formula is C5H11NO3. The van der Waals surface area contributed by atoms with E-state index in [1.807, 2.05) is 0 Å². The molecule has 0 unspecified atom stereocenters. The molecule has 1 aliphatic heterocycles. The van der Waals surface area contributed by atoms with Gasteiger partial charge in [-0.1, -0.05) is 0 Å². The minimum atomic E-state index is -1.17. The normalized spacial score (nSPS) is 45.0. The molecule has 0 aliphatic carbocycles. The monoisotopic (exact) mass is 133 g/mol. The van der Waals surface area contributed by atoms with Crippen LogP contribution in [-0.4, -0.2) is 34.3 Å². The van der Waals surface area contributed by atoms with Crippen molar-refractivity contribution in [3.63, 3.8) is 0 Å². The minimum absolute atomic E-state index is 0.126. The van der Waals surface area contributed by atoms with E-state index in [1.165, 1.54) is 0 Å². The fraction of sp³-hybridized carbons (Fsp3) is 1.00. The Morgan fingerprint density at radius 1 is 1.33 bits per heavy atom. The zero-order valence-electron chi connectivity index (χ0n) is 5.16. The first-order valence-corrected chi connectivity index (χ1v) is 3.09. The van der Waals surface area contributed by atoms with Gasteiger partial charge < -0.3 is 10.3 Å². The Morgan fingerprint density at radius 2 is 1.78 bits per heavy atom. The Bertz CT molecular complexity index is 94.4. The molecular weight excluding hydrogens is 122 g/mol. The second-order valence-electron chi connectivity index (χ2n) is 2.52. The Kier molecular flexibility index (Phi) is 1.72. The van der Waals surface area contributed by atoms with E-state index in [9.17, 15) is 5.21 Å². The first-order valence-electron chi connectivity index (χ1n) is 3.09. The van der Waals surface area contributed by atoms with Gasteiger partial charge in [0, 0.05) is 12.8 Å². The third kappa shape index (κ3) is 1.91. The van der Waals surface area contributed by atoms with Gasteiger partial charge in [-0.15, -0.1) is 0 Å². The number of aliphatic hydroxyl groups is 1. The van der Waals surface area contributed by atoms with Crippen LogP contribution in [0.15, 0.2) is 0 Å². The number of rotatable bonds is 0. The Hall–Kier alpha value is -0.160. The number of nitrogens with zero attached hydrogens (tertiary/aromatic N) is 1. The van der Waals surface area contributed by atoms with Crippen molar-refractivity contribution >= 4 is 0 Å². The van der Waals surface area contributed by atoms with Gasteiger partial charge in [-0.05, 0) is 0 Å². The van der Waals surface area contributed by atoms with Gasteiger partial charge in [-0.3, -0.25) is 0 Å². The van der Waals surface area contributed by atoms with Crippen LogP contribution in [0.5, 0.6) is 0 Å². The largest absolute Gasteiger partial charge is 0.598 e. The van der Waals surface area contributed by atoms with Crippen molar-refractivity contribution in [3.8, 4) is 0 Å². The molecule has 0 bridgehead atoms. The number of quaternary nitrogens is 1. The summed E-state index contributed by atoms with van der Waals surface area (Å²) in [6.45, 7) is 0.252. The van der Waals surface area contributed by atoms with Crippen LogP contribution < -0.4 is 0 Å². The summed E-state index contributed by atoms with van der Waals surface area (Å²) in [7, 11) is 0. The zero-order chi connectivity index (χ0) is 6.91. The lowest BCUT2D eigenvalue weighted by Gasteiger charge is -2.38. The maximum absolute atomic E-state index is 10.7. The van der Waals surface area contributed by atoms with Gasteiger partial charge in [-0.25, -0.2) is 10.0 Å². The van der Waals surface area contributed by atoms with Crippen LogP contribution in [0.2, 0.25) is 0 Å². The first kappa shape index (κ1) is 6.95. The highest BCUT2D eigenvalue weighted by atomic mass is 16.8. The molecule has 1 heterocycles. The van der Waals surface area contributed by atoms with Gasteiger partial charge in [0.25, 0.3) is 0 Å². The molecule has 1 rings (SSSR count). The van der Waals surface area contributed by atoms with Gasteiger partial charge in [0.1, 0.15) is 13.1 Å². The molecule has 54 valence electrons. The molecule has 4 heteroatoms. The second kappa shape index (κ2) is 2.22. The standard InChI is InChI=1S/C5H11NO3/c7-5-1-3-6(8,9)4-2-5/h5,7-8H,1-4H2. The Labute approximate surface area is 53.5 Å². The Morgan fingerprint density at radius 3 is 2.11 bits per heavy atom. The molecule has 0 spiro atoms. The molecule has 1 aliphatic rings. The molecule has 2 N–H and O–H groups in total. The maximum Gasteiger partial charge on any atom is 0.111 e. The van der Waals surface area contributed by atoms with Crippen LogP contribution in [0.3, 0.4) is 0 Å². The van der Waals surface area contributed by atoms with Crippen molar-refractivity contribution in [1.82, 2.24) is 0 Å². The van der Waals surface area contributed by atoms with E-state index in [1.54, 1.807) is 0 Å². The minimum Gasteiger partial charge on any atom is -0.598 e. The molecule has 0 aromatic rings. The summed E-state index contributed by atoms with van der Waals surface area (Å²) in [6, 6.07) is 0. The number of aliphatic hydroxyl groups excluding tert-OH is 1. The molecule has 0 saturated carbocycles. The topological polar surface area (TPSA) is 63.5 Å². The summed E-state index contributed by atoms with van der Waals surface area (Å²) in [5.74, 6) is 0. The average molecular weight is 133 g/mol. The van der Waals surface area contributed by atoms with Gasteiger partial charge in [0.2, 0.25) is 0 Å². The van der Waals surface area contributed by atoms with Gasteiger partial charge in [0.15, 0.2) is 0 Å². The van der Waals surface area contributed by atoms with E-state index in [4.69, 9.17) is 10.3 Å². The molecule has 9 heavy (non-hydrogen) atoms. The summed E-state index contributed by atoms with van der Waals surface area (Å²) in [5.41, 5.74) is 0. The zero-order valence-corrected chi connectivity index (χ0v) is 5.16. The fourth-order valence-electron chi connectivity index (χ4n) is 0.958. The summed E-state index contributed by atoms with van der Waals surface area (Å²) in [4.78, 5) is -1.17. The van der Waals surface area contributed by atoms with Gasteiger partial charge in [0.05, 0.1) is 6.10 Å². The lowest BCUT2D eigenvalue weighted by atomic mass is 10.1. The summed E-state index contributed by atoms with van der Waals surface area (Å²) < 4.78 is 0. The molecule has 0 amide bonds. The van der Waals surface area contributed by atoms with Crippen molar-refractivity contribution in [2.24, 2.45) is 0 Å². The van der Waals surface area contributed by atoms with Crippen molar-refractivity contribution < 1.29 is 15.1 Å². The molecule has 0 radical (unpaired) electrons. The Balaban J connectivity index is 2.35. The predicted molar refractivity (Wildman–Crippen MR) is 30.4 cm³/mol. The van der Waals surface area contributed by atoms with E-state index < -0.39 is 4.81 Å². The van der Waals surface area contributed by atoms with Crippen LogP contribution in [0.4, 0.5) is 0 Å². The summed E-state index contributed by atoms with van der Waals surface area (Å²) >= 11 is 0. The number of hydrogen-bond donors (Lipinski definition) is 2. The molecule has 1 saturated heterocycles. The quantitative estimate of drug-likeness (QED) is 0.356. The molecule has 1 fully saturated rings.